The van der Waals surface area contributed by atoms with E-state index in [1.807, 2.05) is 0 Å². The van der Waals surface area contributed by atoms with Gasteiger partial charge in [-0.3, -0.25) is 0 Å². The fourth-order valence-corrected chi connectivity index (χ4v) is 6.07. The minimum absolute atomic E-state index is 0.293. The highest BCUT2D eigenvalue weighted by atomic mass is 31.1. The number of hydrogen-bond acceptors (Lipinski definition) is 0. The molecule has 1 heteroatoms. The second-order valence-electron chi connectivity index (χ2n) is 5.94. The van der Waals surface area contributed by atoms with Gasteiger partial charge in [-0.2, -0.15) is 0 Å². The van der Waals surface area contributed by atoms with Gasteiger partial charge in [-0.1, -0.05) is 50.2 Å². The molecular formula is C19H25P. The molecule has 2 aromatic rings. The maximum atomic E-state index is 2.36. The van der Waals surface area contributed by atoms with E-state index in [-0.39, 0.29) is 7.92 Å². The Hall–Kier alpha value is -1.13. The Balaban J connectivity index is 2.70. The molecule has 0 amide bonds. The van der Waals surface area contributed by atoms with Crippen molar-refractivity contribution in [2.24, 2.45) is 0 Å². The number of benzene rings is 2. The van der Waals surface area contributed by atoms with Crippen molar-refractivity contribution in [1.82, 2.24) is 0 Å². The number of hydrogen-bond donors (Lipinski definition) is 0. The summed E-state index contributed by atoms with van der Waals surface area (Å²) >= 11 is 0. The van der Waals surface area contributed by atoms with Crippen LogP contribution in [-0.4, -0.2) is 5.66 Å². The molecule has 0 heterocycles. The minimum atomic E-state index is -0.293. The number of rotatable bonds is 3. The van der Waals surface area contributed by atoms with Crippen LogP contribution in [0.2, 0.25) is 0 Å². The summed E-state index contributed by atoms with van der Waals surface area (Å²) in [6.45, 7) is 13.8. The first kappa shape index (κ1) is 15.3. The Morgan fingerprint density at radius 2 is 0.950 bits per heavy atom. The van der Waals surface area contributed by atoms with Crippen LogP contribution in [0.1, 0.15) is 36.1 Å². The van der Waals surface area contributed by atoms with Gasteiger partial charge >= 0.3 is 0 Å². The normalized spacial score (nSPS) is 11.4. The molecule has 0 saturated carbocycles. The second kappa shape index (κ2) is 6.10. The summed E-state index contributed by atoms with van der Waals surface area (Å²) in [5.41, 5.74) is 6.41. The van der Waals surface area contributed by atoms with Crippen LogP contribution in [0.15, 0.2) is 36.4 Å². The lowest BCUT2D eigenvalue weighted by atomic mass is 10.1. The van der Waals surface area contributed by atoms with Crippen molar-refractivity contribution in [1.29, 1.82) is 0 Å². The Kier molecular flexibility index (Phi) is 4.66. The SMILES string of the molecule is Cc1cccc(C)c1P(c1c(C)cccc1C)C(C)C. The summed E-state index contributed by atoms with van der Waals surface area (Å²) in [7, 11) is -0.293. The Labute approximate surface area is 125 Å². The minimum Gasteiger partial charge on any atom is -0.0617 e. The molecule has 0 aliphatic heterocycles. The molecule has 20 heavy (non-hydrogen) atoms. The van der Waals surface area contributed by atoms with E-state index in [9.17, 15) is 0 Å². The fraction of sp³-hybridized carbons (Fsp3) is 0.368. The zero-order chi connectivity index (χ0) is 14.9. The summed E-state index contributed by atoms with van der Waals surface area (Å²) in [6, 6.07) is 13.4. The lowest BCUT2D eigenvalue weighted by Crippen LogP contribution is -2.25. The first-order valence-electron chi connectivity index (χ1n) is 7.35. The van der Waals surface area contributed by atoms with Gasteiger partial charge in [0.2, 0.25) is 0 Å². The van der Waals surface area contributed by atoms with Crippen LogP contribution in [0.4, 0.5) is 0 Å². The average molecular weight is 284 g/mol. The topological polar surface area (TPSA) is 0 Å². The maximum Gasteiger partial charge on any atom is -0.0134 e. The van der Waals surface area contributed by atoms with Gasteiger partial charge in [-0.05, 0) is 74.1 Å². The summed E-state index contributed by atoms with van der Waals surface area (Å²) in [4.78, 5) is 0. The second-order valence-corrected chi connectivity index (χ2v) is 8.61. The van der Waals surface area contributed by atoms with Gasteiger partial charge in [-0.25, -0.2) is 0 Å². The molecule has 0 nitrogen and oxygen atoms in total. The van der Waals surface area contributed by atoms with Gasteiger partial charge in [0.15, 0.2) is 0 Å². The van der Waals surface area contributed by atoms with Crippen LogP contribution in [0.5, 0.6) is 0 Å². The van der Waals surface area contributed by atoms with Crippen LogP contribution in [0.25, 0.3) is 0 Å². The van der Waals surface area contributed by atoms with Crippen molar-refractivity contribution >= 4 is 18.5 Å². The van der Waals surface area contributed by atoms with E-state index in [4.69, 9.17) is 0 Å². The van der Waals surface area contributed by atoms with Crippen molar-refractivity contribution in [3.8, 4) is 0 Å². The van der Waals surface area contributed by atoms with E-state index in [2.05, 4.69) is 77.9 Å². The van der Waals surface area contributed by atoms with Gasteiger partial charge in [0, 0.05) is 0 Å². The quantitative estimate of drug-likeness (QED) is 0.713. The summed E-state index contributed by atoms with van der Waals surface area (Å²) in [6.07, 6.45) is 0. The van der Waals surface area contributed by atoms with E-state index < -0.39 is 0 Å². The van der Waals surface area contributed by atoms with Crippen molar-refractivity contribution < 1.29 is 0 Å². The molecule has 0 saturated heterocycles. The Bertz CT molecular complexity index is 519. The largest absolute Gasteiger partial charge is 0.0617 e. The molecule has 0 N–H and O–H groups in total. The summed E-state index contributed by atoms with van der Waals surface area (Å²) in [5, 5.41) is 3.16. The fourth-order valence-electron chi connectivity index (χ4n) is 3.00. The molecule has 0 aromatic heterocycles. The molecule has 0 bridgehead atoms. The molecule has 0 fully saturated rings. The van der Waals surface area contributed by atoms with Gasteiger partial charge < -0.3 is 0 Å². The third-order valence-electron chi connectivity index (χ3n) is 3.88. The lowest BCUT2D eigenvalue weighted by Gasteiger charge is -2.29. The number of aryl methyl sites for hydroxylation is 4. The molecule has 0 unspecified atom stereocenters. The molecule has 0 radical (unpaired) electrons. The van der Waals surface area contributed by atoms with Gasteiger partial charge in [-0.15, -0.1) is 0 Å². The zero-order valence-electron chi connectivity index (χ0n) is 13.5. The molecule has 0 aliphatic carbocycles. The zero-order valence-corrected chi connectivity index (χ0v) is 14.4. The lowest BCUT2D eigenvalue weighted by molar-refractivity contribution is 1.10. The highest BCUT2D eigenvalue weighted by molar-refractivity contribution is 7.74. The first-order valence-corrected chi connectivity index (χ1v) is 8.76. The van der Waals surface area contributed by atoms with Crippen molar-refractivity contribution in [2.75, 3.05) is 0 Å². The van der Waals surface area contributed by atoms with Gasteiger partial charge in [0.05, 0.1) is 0 Å². The molecule has 0 spiro atoms. The van der Waals surface area contributed by atoms with Crippen molar-refractivity contribution in [3.05, 3.63) is 58.7 Å². The molecule has 2 aromatic carbocycles. The van der Waals surface area contributed by atoms with Gasteiger partial charge in [0.25, 0.3) is 0 Å². The van der Waals surface area contributed by atoms with Crippen LogP contribution in [0.3, 0.4) is 0 Å². The van der Waals surface area contributed by atoms with Gasteiger partial charge in [0.1, 0.15) is 0 Å². The Morgan fingerprint density at radius 3 is 1.20 bits per heavy atom. The smallest absolute Gasteiger partial charge is 0.0134 e. The van der Waals surface area contributed by atoms with Crippen LogP contribution in [-0.2, 0) is 0 Å². The highest BCUT2D eigenvalue weighted by Gasteiger charge is 2.23. The molecule has 0 atom stereocenters. The third-order valence-corrected chi connectivity index (χ3v) is 7.28. The van der Waals surface area contributed by atoms with E-state index >= 15 is 0 Å². The van der Waals surface area contributed by atoms with Crippen LogP contribution >= 0.6 is 7.92 Å². The Morgan fingerprint density at radius 1 is 0.650 bits per heavy atom. The predicted molar refractivity (Wildman–Crippen MR) is 93.2 cm³/mol. The average Bonchev–Trinajstić information content (AvgIpc) is 2.35. The third kappa shape index (κ3) is 2.81. The van der Waals surface area contributed by atoms with Crippen LogP contribution < -0.4 is 10.6 Å². The molecule has 106 valence electrons. The summed E-state index contributed by atoms with van der Waals surface area (Å²) < 4.78 is 0. The van der Waals surface area contributed by atoms with E-state index in [1.165, 1.54) is 22.3 Å². The standard InChI is InChI=1S/C19H25P/c1-13(2)20(18-14(3)9-7-10-15(18)4)19-16(5)11-8-12-17(19)6/h7-13H,1-6H3. The molecule has 0 aliphatic rings. The van der Waals surface area contributed by atoms with E-state index in [0.717, 1.165) is 0 Å². The molecular weight excluding hydrogens is 259 g/mol. The van der Waals surface area contributed by atoms with Crippen molar-refractivity contribution in [2.45, 2.75) is 47.2 Å². The monoisotopic (exact) mass is 284 g/mol. The van der Waals surface area contributed by atoms with E-state index in [0.29, 0.717) is 5.66 Å². The molecule has 2 rings (SSSR count). The van der Waals surface area contributed by atoms with E-state index in [1.54, 1.807) is 10.6 Å². The first-order chi connectivity index (χ1) is 9.43. The predicted octanol–water partition coefficient (Wildman–Crippen LogP) is 4.76. The maximum absolute atomic E-state index is 2.36. The van der Waals surface area contributed by atoms with Crippen LogP contribution in [0, 0.1) is 27.7 Å². The van der Waals surface area contributed by atoms with Crippen molar-refractivity contribution in [3.63, 3.8) is 0 Å². The highest BCUT2D eigenvalue weighted by Crippen LogP contribution is 2.42. The summed E-state index contributed by atoms with van der Waals surface area (Å²) in [5.74, 6) is 0.